The van der Waals surface area contributed by atoms with Gasteiger partial charge in [0.05, 0.1) is 12.8 Å². The van der Waals surface area contributed by atoms with Crippen LogP contribution in [0.5, 0.6) is 5.06 Å². The lowest BCUT2D eigenvalue weighted by Gasteiger charge is -1.92. The van der Waals surface area contributed by atoms with E-state index in [0.717, 1.165) is 16.3 Å². The van der Waals surface area contributed by atoms with Gasteiger partial charge in [0.2, 0.25) is 0 Å². The fraction of sp³-hybridized carbons (Fsp3) is 0.100. The molecule has 0 unspecified atom stereocenters. The fourth-order valence-electron chi connectivity index (χ4n) is 1.10. The molecule has 2 aromatic rings. The van der Waals surface area contributed by atoms with Gasteiger partial charge in [0.15, 0.2) is 5.06 Å². The predicted molar refractivity (Wildman–Crippen MR) is 54.1 cm³/mol. The molecule has 0 saturated carbocycles. The molecule has 0 saturated heterocycles. The summed E-state index contributed by atoms with van der Waals surface area (Å²) < 4.78 is 9.35. The van der Waals surface area contributed by atoms with E-state index in [0.29, 0.717) is 0 Å². The van der Waals surface area contributed by atoms with Crippen LogP contribution in [-0.4, -0.2) is 11.5 Å². The van der Waals surface area contributed by atoms with Crippen LogP contribution in [0, 0.1) is 0 Å². The van der Waals surface area contributed by atoms with Gasteiger partial charge in [0, 0.05) is 23.2 Å². The molecule has 0 bridgehead atoms. The van der Waals surface area contributed by atoms with Gasteiger partial charge in [-0.1, -0.05) is 30.3 Å². The van der Waals surface area contributed by atoms with Crippen molar-refractivity contribution in [2.45, 2.75) is 0 Å². The van der Waals surface area contributed by atoms with Crippen LogP contribution < -0.4 is 4.74 Å². The normalized spacial score (nSPS) is 9.92. The number of hydrogen-bond acceptors (Lipinski definition) is 3. The molecule has 0 spiro atoms. The lowest BCUT2D eigenvalue weighted by Crippen LogP contribution is -1.75. The number of benzene rings is 1. The molecule has 1 aromatic heterocycles. The first-order chi connectivity index (χ1) is 6.40. The first-order valence-electron chi connectivity index (χ1n) is 3.96. The minimum Gasteiger partial charge on any atom is -0.486 e. The standard InChI is InChI=1S/C10H9NOS/c1-12-10-7-9(11-13-10)8-5-3-2-4-6-8/h2-7H,1H3. The van der Waals surface area contributed by atoms with Crippen LogP contribution in [0.15, 0.2) is 36.4 Å². The van der Waals surface area contributed by atoms with Crippen molar-refractivity contribution in [3.63, 3.8) is 0 Å². The molecule has 0 amide bonds. The number of hydrogen-bond donors (Lipinski definition) is 0. The van der Waals surface area contributed by atoms with E-state index in [2.05, 4.69) is 4.37 Å². The quantitative estimate of drug-likeness (QED) is 0.728. The molecule has 0 aliphatic heterocycles. The summed E-state index contributed by atoms with van der Waals surface area (Å²) in [5.41, 5.74) is 2.10. The van der Waals surface area contributed by atoms with Gasteiger partial charge in [-0.3, -0.25) is 0 Å². The van der Waals surface area contributed by atoms with E-state index in [1.807, 2.05) is 36.4 Å². The molecule has 3 heteroatoms. The molecule has 0 fully saturated rings. The van der Waals surface area contributed by atoms with Crippen molar-refractivity contribution in [1.82, 2.24) is 4.37 Å². The molecule has 0 N–H and O–H groups in total. The maximum atomic E-state index is 5.07. The summed E-state index contributed by atoms with van der Waals surface area (Å²) in [6.07, 6.45) is 0. The second kappa shape index (κ2) is 3.58. The smallest absolute Gasteiger partial charge is 0.193 e. The van der Waals surface area contributed by atoms with Crippen molar-refractivity contribution in [3.05, 3.63) is 36.4 Å². The van der Waals surface area contributed by atoms with Crippen LogP contribution in [0.25, 0.3) is 11.3 Å². The maximum absolute atomic E-state index is 5.07. The molecule has 0 radical (unpaired) electrons. The molecular formula is C10H9NOS. The highest BCUT2D eigenvalue weighted by Crippen LogP contribution is 2.26. The first-order valence-corrected chi connectivity index (χ1v) is 4.73. The molecule has 2 rings (SSSR count). The number of methoxy groups -OCH3 is 1. The van der Waals surface area contributed by atoms with E-state index >= 15 is 0 Å². The minimum atomic E-state index is 0.846. The Morgan fingerprint density at radius 2 is 2.00 bits per heavy atom. The predicted octanol–water partition coefficient (Wildman–Crippen LogP) is 2.82. The molecule has 13 heavy (non-hydrogen) atoms. The summed E-state index contributed by atoms with van der Waals surface area (Å²) in [7, 11) is 1.66. The SMILES string of the molecule is COc1cc(-c2ccccc2)ns1. The fourth-order valence-corrected chi connectivity index (χ4v) is 1.68. The van der Waals surface area contributed by atoms with Crippen molar-refractivity contribution in [2.75, 3.05) is 7.11 Å². The lowest BCUT2D eigenvalue weighted by molar-refractivity contribution is 0.427. The van der Waals surface area contributed by atoms with Crippen molar-refractivity contribution in [1.29, 1.82) is 0 Å². The van der Waals surface area contributed by atoms with Gasteiger partial charge in [-0.25, -0.2) is 0 Å². The summed E-state index contributed by atoms with van der Waals surface area (Å²) in [6.45, 7) is 0. The molecule has 0 atom stereocenters. The zero-order valence-corrected chi connectivity index (χ0v) is 8.04. The van der Waals surface area contributed by atoms with E-state index in [-0.39, 0.29) is 0 Å². The third-order valence-corrected chi connectivity index (χ3v) is 2.51. The van der Waals surface area contributed by atoms with Crippen molar-refractivity contribution in [3.8, 4) is 16.3 Å². The molecular weight excluding hydrogens is 182 g/mol. The van der Waals surface area contributed by atoms with Crippen LogP contribution in [0.1, 0.15) is 0 Å². The van der Waals surface area contributed by atoms with Crippen molar-refractivity contribution >= 4 is 11.5 Å². The average Bonchev–Trinajstić information content (AvgIpc) is 2.67. The Morgan fingerprint density at radius 3 is 2.62 bits per heavy atom. The van der Waals surface area contributed by atoms with Gasteiger partial charge in [0.1, 0.15) is 0 Å². The second-order valence-corrected chi connectivity index (χ2v) is 3.37. The summed E-state index contributed by atoms with van der Waals surface area (Å²) in [5, 5.41) is 0.846. The van der Waals surface area contributed by atoms with Gasteiger partial charge < -0.3 is 4.74 Å². The van der Waals surface area contributed by atoms with Gasteiger partial charge >= 0.3 is 0 Å². The number of nitrogens with zero attached hydrogens (tertiary/aromatic N) is 1. The molecule has 0 aliphatic rings. The maximum Gasteiger partial charge on any atom is 0.193 e. The Kier molecular flexibility index (Phi) is 2.27. The molecule has 66 valence electrons. The Bertz CT molecular complexity index is 383. The van der Waals surface area contributed by atoms with Crippen LogP contribution in [0.2, 0.25) is 0 Å². The average molecular weight is 191 g/mol. The number of aromatic nitrogens is 1. The number of ether oxygens (including phenoxy) is 1. The van der Waals surface area contributed by atoms with Gasteiger partial charge in [-0.2, -0.15) is 4.37 Å². The van der Waals surface area contributed by atoms with E-state index in [4.69, 9.17) is 4.74 Å². The van der Waals surface area contributed by atoms with E-state index in [9.17, 15) is 0 Å². The third-order valence-electron chi connectivity index (χ3n) is 1.76. The summed E-state index contributed by atoms with van der Waals surface area (Å²) in [5.74, 6) is 0. The zero-order chi connectivity index (χ0) is 9.10. The molecule has 0 aliphatic carbocycles. The second-order valence-electron chi connectivity index (χ2n) is 2.60. The van der Waals surface area contributed by atoms with E-state index in [1.165, 1.54) is 11.5 Å². The van der Waals surface area contributed by atoms with Gasteiger partial charge in [-0.05, 0) is 0 Å². The highest BCUT2D eigenvalue weighted by atomic mass is 32.1. The summed E-state index contributed by atoms with van der Waals surface area (Å²) in [6, 6.07) is 12.0. The monoisotopic (exact) mass is 191 g/mol. The van der Waals surface area contributed by atoms with E-state index < -0.39 is 0 Å². The molecule has 2 nitrogen and oxygen atoms in total. The molecule has 1 aromatic carbocycles. The van der Waals surface area contributed by atoms with Crippen molar-refractivity contribution < 1.29 is 4.74 Å². The van der Waals surface area contributed by atoms with Crippen molar-refractivity contribution in [2.24, 2.45) is 0 Å². The zero-order valence-electron chi connectivity index (χ0n) is 7.23. The largest absolute Gasteiger partial charge is 0.486 e. The van der Waals surface area contributed by atoms with Crippen LogP contribution in [0.3, 0.4) is 0 Å². The topological polar surface area (TPSA) is 22.1 Å². The highest BCUT2D eigenvalue weighted by Gasteiger charge is 2.02. The minimum absolute atomic E-state index is 0.846. The third kappa shape index (κ3) is 1.70. The molecule has 1 heterocycles. The summed E-state index contributed by atoms with van der Waals surface area (Å²) >= 11 is 1.37. The van der Waals surface area contributed by atoms with Crippen LogP contribution >= 0.6 is 11.5 Å². The van der Waals surface area contributed by atoms with Crippen LogP contribution in [0.4, 0.5) is 0 Å². The number of rotatable bonds is 2. The van der Waals surface area contributed by atoms with Gasteiger partial charge in [-0.15, -0.1) is 0 Å². The van der Waals surface area contributed by atoms with Crippen LogP contribution in [-0.2, 0) is 0 Å². The Hall–Kier alpha value is -1.35. The Morgan fingerprint density at radius 1 is 1.23 bits per heavy atom. The Balaban J connectivity index is 2.36. The highest BCUT2D eigenvalue weighted by molar-refractivity contribution is 7.08. The van der Waals surface area contributed by atoms with Gasteiger partial charge in [0.25, 0.3) is 0 Å². The first kappa shape index (κ1) is 8.26. The summed E-state index contributed by atoms with van der Waals surface area (Å²) in [4.78, 5) is 0. The Labute approximate surface area is 81.0 Å². The lowest BCUT2D eigenvalue weighted by atomic mass is 10.2. The van der Waals surface area contributed by atoms with E-state index in [1.54, 1.807) is 7.11 Å².